The number of amides is 1. The number of hydrogen-bond acceptors (Lipinski definition) is 6. The van der Waals surface area contributed by atoms with Gasteiger partial charge in [-0.15, -0.1) is 10.2 Å². The molecular weight excluding hydrogens is 452 g/mol. The lowest BCUT2D eigenvalue weighted by Crippen LogP contribution is -2.43. The molecule has 0 spiro atoms. The summed E-state index contributed by atoms with van der Waals surface area (Å²) in [5.41, 5.74) is 5.92. The van der Waals surface area contributed by atoms with E-state index in [1.807, 2.05) is 43.1 Å². The highest BCUT2D eigenvalue weighted by Crippen LogP contribution is 2.51. The number of aromatic nitrogens is 6. The number of pyridine rings is 2. The molecule has 4 heterocycles. The van der Waals surface area contributed by atoms with E-state index in [-0.39, 0.29) is 16.9 Å². The van der Waals surface area contributed by atoms with Crippen molar-refractivity contribution in [1.82, 2.24) is 35.0 Å². The molecule has 3 N–H and O–H groups in total. The van der Waals surface area contributed by atoms with Gasteiger partial charge in [0.15, 0.2) is 0 Å². The van der Waals surface area contributed by atoms with Crippen LogP contribution in [0, 0.1) is 12.8 Å². The maximum absolute atomic E-state index is 13.4. The first-order chi connectivity index (χ1) is 17.3. The summed E-state index contributed by atoms with van der Waals surface area (Å²) < 4.78 is 1.98. The summed E-state index contributed by atoms with van der Waals surface area (Å²) in [7, 11) is 1.97. The molecule has 0 aromatic carbocycles. The highest BCUT2D eigenvalue weighted by Gasteiger charge is 2.48. The van der Waals surface area contributed by atoms with Gasteiger partial charge in [-0.05, 0) is 74.3 Å². The largest absolute Gasteiger partial charge is 0.359 e. The predicted octanol–water partition coefficient (Wildman–Crippen LogP) is 4.01. The number of H-pyrrole nitrogens is 1. The topological polar surface area (TPSA) is 113 Å². The lowest BCUT2D eigenvalue weighted by atomic mass is 9.59. The maximum Gasteiger partial charge on any atom is 0.274 e. The maximum atomic E-state index is 13.4. The van der Waals surface area contributed by atoms with Crippen LogP contribution in [0.5, 0.6) is 0 Å². The molecular formula is C27H32N8O. The third kappa shape index (κ3) is 3.87. The zero-order valence-electron chi connectivity index (χ0n) is 21.2. The highest BCUT2D eigenvalue weighted by molar-refractivity contribution is 6.04. The van der Waals surface area contributed by atoms with Crippen molar-refractivity contribution in [1.29, 1.82) is 0 Å². The van der Waals surface area contributed by atoms with Gasteiger partial charge in [0.25, 0.3) is 5.91 Å². The van der Waals surface area contributed by atoms with E-state index in [4.69, 9.17) is 4.98 Å². The molecule has 0 bridgehead atoms. The van der Waals surface area contributed by atoms with Crippen LogP contribution in [-0.4, -0.2) is 41.2 Å². The summed E-state index contributed by atoms with van der Waals surface area (Å²) in [5, 5.41) is 15.2. The Morgan fingerprint density at radius 3 is 2.75 bits per heavy atom. The number of carbonyl (C=O) groups excluding carboxylic acids is 1. The fourth-order valence-corrected chi connectivity index (χ4v) is 5.58. The van der Waals surface area contributed by atoms with Gasteiger partial charge in [0.2, 0.25) is 0 Å². The van der Waals surface area contributed by atoms with Crippen molar-refractivity contribution in [2.24, 2.45) is 13.0 Å². The van der Waals surface area contributed by atoms with Crippen molar-refractivity contribution >= 4 is 22.6 Å². The Hall–Kier alpha value is -3.59. The number of anilines is 1. The molecule has 4 aromatic heterocycles. The smallest absolute Gasteiger partial charge is 0.274 e. The Bertz CT molecular complexity index is 1460. The van der Waals surface area contributed by atoms with Crippen LogP contribution >= 0.6 is 0 Å². The average molecular weight is 485 g/mol. The number of fused-ring (bicyclic) bond motifs is 1. The van der Waals surface area contributed by atoms with E-state index in [9.17, 15) is 4.79 Å². The standard InChI is InChI=1S/C27H32N8O/c1-16-9-27(10-16,25-34-31-15-35(25)4)19-8-20(14-28-13-19)32-24(36)21-7-18(12-30-26(3)5-6-26)23-22(33-21)17(2)11-29-23/h7-8,11,13-16,29-30H,5-6,9-10,12H2,1-4H3,(H,32,36). The van der Waals surface area contributed by atoms with E-state index >= 15 is 0 Å². The summed E-state index contributed by atoms with van der Waals surface area (Å²) in [6, 6.07) is 3.90. The van der Waals surface area contributed by atoms with Gasteiger partial charge >= 0.3 is 0 Å². The molecule has 186 valence electrons. The molecule has 9 heteroatoms. The molecule has 0 atom stereocenters. The summed E-state index contributed by atoms with van der Waals surface area (Å²) in [6.07, 6.45) is 11.5. The first kappa shape index (κ1) is 22.8. The van der Waals surface area contributed by atoms with Crippen molar-refractivity contribution in [3.63, 3.8) is 0 Å². The lowest BCUT2D eigenvalue weighted by Gasteiger charge is -2.45. The van der Waals surface area contributed by atoms with Crippen molar-refractivity contribution in [3.8, 4) is 0 Å². The fourth-order valence-electron chi connectivity index (χ4n) is 5.58. The molecule has 2 aliphatic rings. The van der Waals surface area contributed by atoms with Gasteiger partial charge in [-0.25, -0.2) is 4.98 Å². The van der Waals surface area contributed by atoms with E-state index in [1.165, 1.54) is 12.8 Å². The van der Waals surface area contributed by atoms with Gasteiger partial charge in [0.1, 0.15) is 17.8 Å². The van der Waals surface area contributed by atoms with Crippen LogP contribution in [0.15, 0.2) is 37.1 Å². The van der Waals surface area contributed by atoms with Gasteiger partial charge in [-0.2, -0.15) is 0 Å². The second kappa shape index (κ2) is 8.23. The van der Waals surface area contributed by atoms with Crippen molar-refractivity contribution < 1.29 is 4.79 Å². The van der Waals surface area contributed by atoms with Crippen molar-refractivity contribution in [2.45, 2.75) is 64.0 Å². The Morgan fingerprint density at radius 1 is 1.25 bits per heavy atom. The SMILES string of the molecule is Cc1c[nH]c2c(CNC3(C)CC3)cc(C(=O)Nc3cncc(C4(c5nncn5C)CC(C)C4)c3)nc12. The minimum absolute atomic E-state index is 0.198. The number of nitrogens with zero attached hydrogens (tertiary/aromatic N) is 5. The van der Waals surface area contributed by atoms with Crippen molar-refractivity contribution in [2.75, 3.05) is 5.32 Å². The van der Waals surface area contributed by atoms with Crippen molar-refractivity contribution in [3.05, 3.63) is 65.3 Å². The monoisotopic (exact) mass is 484 g/mol. The molecule has 2 fully saturated rings. The second-order valence-corrected chi connectivity index (χ2v) is 11.1. The number of rotatable bonds is 7. The van der Waals surface area contributed by atoms with Gasteiger partial charge in [0.05, 0.1) is 28.3 Å². The van der Waals surface area contributed by atoms with E-state index in [1.54, 1.807) is 12.5 Å². The Balaban J connectivity index is 1.29. The zero-order chi connectivity index (χ0) is 25.1. The van der Waals surface area contributed by atoms with Gasteiger partial charge in [-0.3, -0.25) is 9.78 Å². The van der Waals surface area contributed by atoms with Crippen LogP contribution in [0.3, 0.4) is 0 Å². The van der Waals surface area contributed by atoms with Crippen LogP contribution in [0.1, 0.15) is 72.5 Å². The Morgan fingerprint density at radius 2 is 2.06 bits per heavy atom. The molecule has 1 amide bonds. The minimum Gasteiger partial charge on any atom is -0.359 e. The summed E-state index contributed by atoms with van der Waals surface area (Å²) in [6.45, 7) is 7.17. The molecule has 2 saturated carbocycles. The van der Waals surface area contributed by atoms with E-state index < -0.39 is 0 Å². The van der Waals surface area contributed by atoms with Crippen LogP contribution in [0.2, 0.25) is 0 Å². The average Bonchev–Trinajstić information content (AvgIpc) is 3.23. The summed E-state index contributed by atoms with van der Waals surface area (Å²) in [5.74, 6) is 1.28. The lowest BCUT2D eigenvalue weighted by molar-refractivity contribution is 0.102. The van der Waals surface area contributed by atoms with Gasteiger partial charge in [0, 0.05) is 31.5 Å². The van der Waals surface area contributed by atoms with Crippen LogP contribution in [0.25, 0.3) is 11.0 Å². The quantitative estimate of drug-likeness (QED) is 0.365. The first-order valence-corrected chi connectivity index (χ1v) is 12.6. The normalized spacial score (nSPS) is 22.4. The van der Waals surface area contributed by atoms with Crippen LogP contribution in [0.4, 0.5) is 5.69 Å². The number of carbonyl (C=O) groups is 1. The first-order valence-electron chi connectivity index (χ1n) is 12.6. The van der Waals surface area contributed by atoms with E-state index in [2.05, 4.69) is 44.6 Å². The number of hydrogen-bond donors (Lipinski definition) is 3. The molecule has 0 radical (unpaired) electrons. The van der Waals surface area contributed by atoms with Crippen LogP contribution in [-0.2, 0) is 19.0 Å². The third-order valence-electron chi connectivity index (χ3n) is 7.93. The number of nitrogens with one attached hydrogen (secondary N) is 3. The zero-order valence-corrected chi connectivity index (χ0v) is 21.2. The predicted molar refractivity (Wildman–Crippen MR) is 138 cm³/mol. The highest BCUT2D eigenvalue weighted by atomic mass is 16.1. The van der Waals surface area contributed by atoms with Crippen LogP contribution < -0.4 is 10.6 Å². The molecule has 9 nitrogen and oxygen atoms in total. The number of aryl methyl sites for hydroxylation is 2. The minimum atomic E-state index is -0.245. The molecule has 0 saturated heterocycles. The number of aromatic amines is 1. The van der Waals surface area contributed by atoms with E-state index in [0.29, 0.717) is 23.8 Å². The Labute approximate surface area is 210 Å². The third-order valence-corrected chi connectivity index (χ3v) is 7.93. The fraction of sp³-hybridized carbons (Fsp3) is 0.444. The molecule has 2 aliphatic carbocycles. The second-order valence-electron chi connectivity index (χ2n) is 11.1. The van der Waals surface area contributed by atoms with Gasteiger partial charge in [-0.1, -0.05) is 6.92 Å². The van der Waals surface area contributed by atoms with E-state index in [0.717, 1.165) is 46.4 Å². The molecule has 6 rings (SSSR count). The molecule has 0 unspecified atom stereocenters. The molecule has 4 aromatic rings. The Kier molecular flexibility index (Phi) is 5.22. The summed E-state index contributed by atoms with van der Waals surface area (Å²) >= 11 is 0. The van der Waals surface area contributed by atoms with Gasteiger partial charge < -0.3 is 20.2 Å². The molecule has 0 aliphatic heterocycles. The molecule has 36 heavy (non-hydrogen) atoms. The summed E-state index contributed by atoms with van der Waals surface area (Å²) in [4.78, 5) is 25.9.